The third-order valence-corrected chi connectivity index (χ3v) is 3.95. The number of pyridine rings is 1. The summed E-state index contributed by atoms with van der Waals surface area (Å²) in [5, 5.41) is 11.5. The zero-order chi connectivity index (χ0) is 19.6. The van der Waals surface area contributed by atoms with Crippen LogP contribution < -0.4 is 26.2 Å². The molecule has 0 spiro atoms. The Bertz CT molecular complexity index is 934. The maximum absolute atomic E-state index is 14.7. The number of hydrogen-bond acceptors (Lipinski definition) is 7. The molecular formula is C16H17FN7O3+. The number of hydrogen-bond donors (Lipinski definition) is 4. The highest BCUT2D eigenvalue weighted by Gasteiger charge is 2.40. The summed E-state index contributed by atoms with van der Waals surface area (Å²) in [5.41, 5.74) is 8.23. The van der Waals surface area contributed by atoms with Gasteiger partial charge >= 0.3 is 5.91 Å². The highest BCUT2D eigenvalue weighted by molar-refractivity contribution is 5.94. The molecule has 1 fully saturated rings. The quantitative estimate of drug-likeness (QED) is 0.336. The van der Waals surface area contributed by atoms with E-state index < -0.39 is 11.7 Å². The van der Waals surface area contributed by atoms with E-state index in [1.54, 1.807) is 18.2 Å². The first-order valence-electron chi connectivity index (χ1n) is 7.85. The van der Waals surface area contributed by atoms with Crippen molar-refractivity contribution in [2.75, 3.05) is 29.7 Å². The third-order valence-electron chi connectivity index (χ3n) is 3.95. The Kier molecular flexibility index (Phi) is 4.83. The first kappa shape index (κ1) is 18.0. The van der Waals surface area contributed by atoms with Crippen molar-refractivity contribution in [3.05, 3.63) is 46.1 Å². The fourth-order valence-electron chi connectivity index (χ4n) is 2.69. The van der Waals surface area contributed by atoms with Crippen molar-refractivity contribution in [2.45, 2.75) is 6.54 Å². The number of carbonyl (C=O) groups excluding carboxylic acids is 1. The van der Waals surface area contributed by atoms with Gasteiger partial charge in [-0.25, -0.2) is 4.39 Å². The van der Waals surface area contributed by atoms with E-state index in [-0.39, 0.29) is 35.0 Å². The first-order valence-corrected chi connectivity index (χ1v) is 7.85. The van der Waals surface area contributed by atoms with Gasteiger partial charge in [0.1, 0.15) is 5.82 Å². The summed E-state index contributed by atoms with van der Waals surface area (Å²) < 4.78 is 19.7. The average molecular weight is 374 g/mol. The Morgan fingerprint density at radius 3 is 2.96 bits per heavy atom. The van der Waals surface area contributed by atoms with Crippen LogP contribution in [0.25, 0.3) is 0 Å². The van der Waals surface area contributed by atoms with E-state index in [1.807, 2.05) is 5.43 Å². The van der Waals surface area contributed by atoms with Crippen LogP contribution in [-0.2, 0) is 11.3 Å². The van der Waals surface area contributed by atoms with Crippen LogP contribution in [0.2, 0.25) is 0 Å². The van der Waals surface area contributed by atoms with Gasteiger partial charge in [0, 0.05) is 24.4 Å². The number of carbonyl (C=O) groups is 1. The molecule has 10 nitrogen and oxygen atoms in total. The van der Waals surface area contributed by atoms with Crippen LogP contribution in [0.15, 0.2) is 24.3 Å². The lowest BCUT2D eigenvalue weighted by molar-refractivity contribution is -0.591. The molecule has 11 heteroatoms. The van der Waals surface area contributed by atoms with E-state index in [2.05, 4.69) is 10.3 Å². The van der Waals surface area contributed by atoms with Crippen LogP contribution in [0.3, 0.4) is 0 Å². The Labute approximate surface area is 153 Å². The number of methoxy groups -OCH3 is 1. The molecule has 1 aliphatic rings. The zero-order valence-electron chi connectivity index (χ0n) is 14.3. The van der Waals surface area contributed by atoms with Crippen LogP contribution in [0.1, 0.15) is 11.1 Å². The maximum atomic E-state index is 14.7. The van der Waals surface area contributed by atoms with Gasteiger partial charge in [-0.15, -0.1) is 0 Å². The largest absolute Gasteiger partial charge is 0.481 e. The van der Waals surface area contributed by atoms with E-state index >= 15 is 0 Å². The fraction of sp³-hybridized carbons (Fsp3) is 0.188. The molecule has 1 aromatic heterocycles. The first-order chi connectivity index (χ1) is 12.9. The number of nitrogens with two attached hydrogens (primary N) is 1. The SMILES string of the molecule is COc1cccc(NCc2cc(F)c(N3CC(=O)N[N+]3=O)c(N)c2C=N)n1. The van der Waals surface area contributed by atoms with Crippen molar-refractivity contribution in [2.24, 2.45) is 0 Å². The number of nitrogens with one attached hydrogen (secondary N) is 3. The topological polar surface area (TPSA) is 136 Å². The van der Waals surface area contributed by atoms with Crippen molar-refractivity contribution in [1.29, 1.82) is 5.41 Å². The van der Waals surface area contributed by atoms with Crippen molar-refractivity contribution in [3.63, 3.8) is 0 Å². The average Bonchev–Trinajstić information content (AvgIpc) is 2.98. The Balaban J connectivity index is 1.91. The van der Waals surface area contributed by atoms with Crippen LogP contribution in [0, 0.1) is 16.1 Å². The van der Waals surface area contributed by atoms with Crippen LogP contribution in [0.4, 0.5) is 21.6 Å². The van der Waals surface area contributed by atoms with Crippen LogP contribution in [-0.4, -0.2) is 35.7 Å². The minimum absolute atomic E-state index is 0.113. The summed E-state index contributed by atoms with van der Waals surface area (Å²) in [6.07, 6.45) is 0.967. The number of halogens is 1. The molecule has 1 amide bonds. The molecule has 2 aromatic rings. The smallest absolute Gasteiger partial charge is 0.307 e. The summed E-state index contributed by atoms with van der Waals surface area (Å²) >= 11 is 0. The van der Waals surface area contributed by atoms with Gasteiger partial charge in [0.05, 0.1) is 17.7 Å². The number of aromatic nitrogens is 1. The number of amides is 1. The second kappa shape index (κ2) is 7.23. The molecule has 0 radical (unpaired) electrons. The molecule has 0 aliphatic carbocycles. The number of hydrazine groups is 2. The lowest BCUT2D eigenvalue weighted by Crippen LogP contribution is -2.32. The molecule has 1 saturated heterocycles. The monoisotopic (exact) mass is 374 g/mol. The molecule has 27 heavy (non-hydrogen) atoms. The van der Waals surface area contributed by atoms with Crippen LogP contribution in [0.5, 0.6) is 5.88 Å². The summed E-state index contributed by atoms with van der Waals surface area (Å²) in [7, 11) is 1.49. The number of nitrogens with zero attached hydrogens (tertiary/aromatic N) is 3. The van der Waals surface area contributed by atoms with E-state index in [0.29, 0.717) is 17.3 Å². The van der Waals surface area contributed by atoms with Gasteiger partial charge in [0.2, 0.25) is 5.88 Å². The van der Waals surface area contributed by atoms with Crippen molar-refractivity contribution in [3.8, 4) is 5.88 Å². The number of benzene rings is 1. The summed E-state index contributed by atoms with van der Waals surface area (Å²) in [6.45, 7) is -0.238. The highest BCUT2D eigenvalue weighted by atomic mass is 19.1. The number of ether oxygens (including phenoxy) is 1. The van der Waals surface area contributed by atoms with E-state index in [4.69, 9.17) is 15.9 Å². The number of rotatable bonds is 6. The number of nitrogen functional groups attached to an aromatic ring is 1. The lowest BCUT2D eigenvalue weighted by atomic mass is 10.0. The number of anilines is 3. The van der Waals surface area contributed by atoms with Crippen molar-refractivity contribution >= 4 is 29.3 Å². The molecule has 0 atom stereocenters. The molecule has 2 heterocycles. The maximum Gasteiger partial charge on any atom is 0.307 e. The third kappa shape index (κ3) is 3.47. The minimum atomic E-state index is -0.786. The fourth-order valence-corrected chi connectivity index (χ4v) is 2.69. The predicted molar refractivity (Wildman–Crippen MR) is 95.9 cm³/mol. The molecule has 3 rings (SSSR count). The lowest BCUT2D eigenvalue weighted by Gasteiger charge is -2.16. The second-order valence-corrected chi connectivity index (χ2v) is 5.62. The molecule has 1 aliphatic heterocycles. The normalized spacial score (nSPS) is 13.5. The summed E-state index contributed by atoms with van der Waals surface area (Å²) in [5.74, 6) is -0.468. The van der Waals surface area contributed by atoms with Gasteiger partial charge in [0.25, 0.3) is 4.98 Å². The van der Waals surface area contributed by atoms with Crippen LogP contribution >= 0.6 is 0 Å². The van der Waals surface area contributed by atoms with Gasteiger partial charge in [-0.3, -0.25) is 4.79 Å². The summed E-state index contributed by atoms with van der Waals surface area (Å²) in [4.78, 5) is 27.4. The Hall–Kier alpha value is -3.76. The molecule has 1 aromatic carbocycles. The van der Waals surface area contributed by atoms with E-state index in [9.17, 15) is 14.1 Å². The second-order valence-electron chi connectivity index (χ2n) is 5.62. The van der Waals surface area contributed by atoms with Gasteiger partial charge in [-0.2, -0.15) is 4.98 Å². The highest BCUT2D eigenvalue weighted by Crippen LogP contribution is 2.33. The standard InChI is InChI=1S/C16H16FN7O3/c1-27-14-4-2-3-12(21-14)20-7-9-5-11(17)16(15(19)10(9)6-18)23-8-13(25)22-24(23)26/h2-6H,7-8H2,1H3,(H4-,18,19,20,21,22,25,26)/p+1. The minimum Gasteiger partial charge on any atom is -0.481 e. The van der Waals surface area contributed by atoms with Gasteiger partial charge < -0.3 is 21.2 Å². The number of nitroso groups, excluding NO2 is 1. The van der Waals surface area contributed by atoms with Crippen molar-refractivity contribution < 1.29 is 18.9 Å². The van der Waals surface area contributed by atoms with E-state index in [0.717, 1.165) is 17.3 Å². The molecule has 0 bridgehead atoms. The molecule has 140 valence electrons. The molecule has 5 N–H and O–H groups in total. The molecular weight excluding hydrogens is 357 g/mol. The van der Waals surface area contributed by atoms with Gasteiger partial charge in [-0.1, -0.05) is 16.5 Å². The van der Waals surface area contributed by atoms with E-state index in [1.165, 1.54) is 7.11 Å². The zero-order valence-corrected chi connectivity index (χ0v) is 14.3. The Morgan fingerprint density at radius 1 is 1.56 bits per heavy atom. The summed E-state index contributed by atoms with van der Waals surface area (Å²) in [6, 6.07) is 6.29. The van der Waals surface area contributed by atoms with Gasteiger partial charge in [-0.05, 0) is 17.7 Å². The Morgan fingerprint density at radius 2 is 2.33 bits per heavy atom. The molecule has 0 saturated carbocycles. The predicted octanol–water partition coefficient (Wildman–Crippen LogP) is 0.966. The molecule has 0 unspecified atom stereocenters. The van der Waals surface area contributed by atoms with Crippen molar-refractivity contribution in [1.82, 2.24) is 10.4 Å². The van der Waals surface area contributed by atoms with Gasteiger partial charge in [0.15, 0.2) is 18.0 Å².